The van der Waals surface area contributed by atoms with Crippen molar-refractivity contribution in [1.82, 2.24) is 10.3 Å². The van der Waals surface area contributed by atoms with E-state index < -0.39 is 5.91 Å². The average molecular weight is 481 g/mol. The van der Waals surface area contributed by atoms with E-state index in [-0.39, 0.29) is 23.6 Å². The maximum Gasteiger partial charge on any atom is 0.252 e. The molecule has 0 radical (unpaired) electrons. The first-order valence-electron chi connectivity index (χ1n) is 11.1. The lowest BCUT2D eigenvalue weighted by molar-refractivity contribution is -0.113. The van der Waals surface area contributed by atoms with Gasteiger partial charge in [-0.05, 0) is 56.2 Å². The Morgan fingerprint density at radius 1 is 1.15 bits per heavy atom. The third-order valence-electron chi connectivity index (χ3n) is 5.87. The van der Waals surface area contributed by atoms with Crippen LogP contribution in [0, 0.1) is 0 Å². The first-order valence-corrected chi connectivity index (χ1v) is 12.9. The zero-order valence-electron chi connectivity index (χ0n) is 18.0. The predicted molar refractivity (Wildman–Crippen MR) is 131 cm³/mol. The van der Waals surface area contributed by atoms with Crippen LogP contribution >= 0.6 is 23.1 Å². The number of amides is 3. The Bertz CT molecular complexity index is 1270. The molecule has 1 saturated carbocycles. The lowest BCUT2D eigenvalue weighted by Crippen LogP contribution is -2.25. The lowest BCUT2D eigenvalue weighted by atomic mass is 9.95. The molecule has 2 aliphatic rings. The molecule has 1 aromatic carbocycles. The molecule has 0 saturated heterocycles. The van der Waals surface area contributed by atoms with Crippen molar-refractivity contribution in [3.05, 3.63) is 51.9 Å². The summed E-state index contributed by atoms with van der Waals surface area (Å²) in [7, 11) is 0. The number of fused-ring (bicyclic) bond motifs is 2. The van der Waals surface area contributed by atoms with Crippen molar-refractivity contribution in [3.8, 4) is 0 Å². The predicted octanol–water partition coefficient (Wildman–Crippen LogP) is 3.90. The van der Waals surface area contributed by atoms with Crippen LogP contribution in [0.1, 0.15) is 56.8 Å². The van der Waals surface area contributed by atoms with Gasteiger partial charge >= 0.3 is 0 Å². The quantitative estimate of drug-likeness (QED) is 0.444. The Hall–Kier alpha value is -2.91. The van der Waals surface area contributed by atoms with E-state index in [0.717, 1.165) is 54.4 Å². The highest BCUT2D eigenvalue weighted by Gasteiger charge is 2.26. The Morgan fingerprint density at radius 2 is 1.94 bits per heavy atom. The van der Waals surface area contributed by atoms with Crippen LogP contribution in [0.4, 0.5) is 5.00 Å². The lowest BCUT2D eigenvalue weighted by Gasteiger charge is -2.11. The van der Waals surface area contributed by atoms with Gasteiger partial charge in [0, 0.05) is 16.3 Å². The molecule has 3 amide bonds. The van der Waals surface area contributed by atoms with E-state index in [2.05, 4.69) is 15.6 Å². The molecular formula is C24H24N4O3S2. The zero-order chi connectivity index (χ0) is 22.9. The number of thiophene rings is 1. The highest BCUT2D eigenvalue weighted by Crippen LogP contribution is 2.38. The number of nitrogens with two attached hydrogens (primary N) is 1. The molecule has 5 rings (SSSR count). The number of hydrogen-bond acceptors (Lipinski definition) is 6. The van der Waals surface area contributed by atoms with Crippen molar-refractivity contribution in [2.45, 2.75) is 49.6 Å². The van der Waals surface area contributed by atoms with Crippen LogP contribution in [0.3, 0.4) is 0 Å². The molecule has 7 nitrogen and oxygen atoms in total. The number of aryl methyl sites for hydroxylation is 1. The minimum Gasteiger partial charge on any atom is -0.365 e. The minimum absolute atomic E-state index is 0.107. The van der Waals surface area contributed by atoms with E-state index in [4.69, 9.17) is 5.73 Å². The fourth-order valence-electron chi connectivity index (χ4n) is 4.12. The highest BCUT2D eigenvalue weighted by molar-refractivity contribution is 7.99. The number of anilines is 1. The molecule has 0 spiro atoms. The van der Waals surface area contributed by atoms with Crippen molar-refractivity contribution >= 4 is 56.7 Å². The fourth-order valence-corrected chi connectivity index (χ4v) is 6.15. The molecule has 3 aromatic rings. The normalized spacial score (nSPS) is 15.2. The Labute approximate surface area is 199 Å². The highest BCUT2D eigenvalue weighted by atomic mass is 32.2. The topological polar surface area (TPSA) is 114 Å². The number of benzene rings is 1. The number of rotatable bonds is 7. The maximum atomic E-state index is 12.8. The number of nitrogens with one attached hydrogen (secondary N) is 2. The molecule has 0 bridgehead atoms. The van der Waals surface area contributed by atoms with Gasteiger partial charge in [-0.2, -0.15) is 0 Å². The molecule has 2 aromatic heterocycles. The second-order valence-corrected chi connectivity index (χ2v) is 10.5. The SMILES string of the molecule is NC(=O)c1c(NC(=O)CSc2cc(C(=O)NC3CC3)c3ccccc3n2)sc2c1CCCC2. The molecule has 0 unspecified atom stereocenters. The van der Waals surface area contributed by atoms with Crippen LogP contribution in [-0.2, 0) is 17.6 Å². The van der Waals surface area contributed by atoms with Crippen LogP contribution in [0.25, 0.3) is 10.9 Å². The zero-order valence-corrected chi connectivity index (χ0v) is 19.6. The van der Waals surface area contributed by atoms with Gasteiger partial charge in [-0.15, -0.1) is 11.3 Å². The number of thioether (sulfide) groups is 1. The fraction of sp³-hybridized carbons (Fsp3) is 0.333. The van der Waals surface area contributed by atoms with Crippen molar-refractivity contribution < 1.29 is 14.4 Å². The van der Waals surface area contributed by atoms with E-state index >= 15 is 0 Å². The summed E-state index contributed by atoms with van der Waals surface area (Å²) in [5.41, 5.74) is 8.35. The van der Waals surface area contributed by atoms with Crippen LogP contribution in [0.15, 0.2) is 35.4 Å². The number of nitrogens with zero attached hydrogens (tertiary/aromatic N) is 1. The summed E-state index contributed by atoms with van der Waals surface area (Å²) in [4.78, 5) is 43.3. The summed E-state index contributed by atoms with van der Waals surface area (Å²) in [6, 6.07) is 9.51. The van der Waals surface area contributed by atoms with E-state index in [1.54, 1.807) is 6.07 Å². The maximum absolute atomic E-state index is 12.8. The first-order chi connectivity index (χ1) is 16.0. The number of carbonyl (C=O) groups is 3. The molecule has 1 fully saturated rings. The van der Waals surface area contributed by atoms with Crippen molar-refractivity contribution in [3.63, 3.8) is 0 Å². The number of primary amides is 1. The van der Waals surface area contributed by atoms with Gasteiger partial charge in [0.15, 0.2) is 0 Å². The van der Waals surface area contributed by atoms with Gasteiger partial charge in [0.2, 0.25) is 5.91 Å². The standard InChI is InChI=1S/C24H24N4O3S2/c25-22(30)21-15-6-2-4-8-18(15)33-24(21)28-19(29)12-32-20-11-16(23(31)26-13-9-10-13)14-5-1-3-7-17(14)27-20/h1,3,5,7,11,13H,2,4,6,8-10,12H2,(H2,25,30)(H,26,31)(H,28,29). The van der Waals surface area contributed by atoms with Gasteiger partial charge in [-0.25, -0.2) is 4.98 Å². The number of aromatic nitrogens is 1. The smallest absolute Gasteiger partial charge is 0.252 e. The third kappa shape index (κ3) is 4.74. The molecule has 2 aliphatic carbocycles. The number of carbonyl (C=O) groups excluding carboxylic acids is 3. The van der Waals surface area contributed by atoms with Gasteiger partial charge in [0.1, 0.15) is 5.00 Å². The van der Waals surface area contributed by atoms with Crippen molar-refractivity contribution in [2.75, 3.05) is 11.1 Å². The summed E-state index contributed by atoms with van der Waals surface area (Å²) in [5.74, 6) is -0.743. The number of para-hydroxylation sites is 1. The minimum atomic E-state index is -0.500. The largest absolute Gasteiger partial charge is 0.365 e. The summed E-state index contributed by atoms with van der Waals surface area (Å²) in [6.07, 6.45) is 5.86. The van der Waals surface area contributed by atoms with Crippen LogP contribution in [0.5, 0.6) is 0 Å². The average Bonchev–Trinajstić information content (AvgIpc) is 3.54. The van der Waals surface area contributed by atoms with Gasteiger partial charge in [-0.1, -0.05) is 30.0 Å². The Balaban J connectivity index is 1.33. The van der Waals surface area contributed by atoms with E-state index in [1.807, 2.05) is 24.3 Å². The van der Waals surface area contributed by atoms with E-state index in [0.29, 0.717) is 26.7 Å². The van der Waals surface area contributed by atoms with Crippen molar-refractivity contribution in [1.29, 1.82) is 0 Å². The summed E-state index contributed by atoms with van der Waals surface area (Å²) in [5, 5.41) is 7.84. The van der Waals surface area contributed by atoms with E-state index in [9.17, 15) is 14.4 Å². The number of hydrogen-bond donors (Lipinski definition) is 3. The Kier molecular flexibility index (Phi) is 6.07. The van der Waals surface area contributed by atoms with Crippen molar-refractivity contribution in [2.24, 2.45) is 5.73 Å². The molecule has 2 heterocycles. The Morgan fingerprint density at radius 3 is 2.73 bits per heavy atom. The molecule has 33 heavy (non-hydrogen) atoms. The monoisotopic (exact) mass is 480 g/mol. The second kappa shape index (κ2) is 9.15. The summed E-state index contributed by atoms with van der Waals surface area (Å²) >= 11 is 2.71. The molecule has 170 valence electrons. The van der Waals surface area contributed by atoms with Gasteiger partial charge in [0.05, 0.1) is 27.4 Å². The second-order valence-electron chi connectivity index (χ2n) is 8.39. The van der Waals surface area contributed by atoms with Crippen LogP contribution in [0.2, 0.25) is 0 Å². The van der Waals surface area contributed by atoms with Crippen LogP contribution in [-0.4, -0.2) is 34.5 Å². The summed E-state index contributed by atoms with van der Waals surface area (Å²) in [6.45, 7) is 0. The molecule has 0 aliphatic heterocycles. The molecular weight excluding hydrogens is 456 g/mol. The van der Waals surface area contributed by atoms with Gasteiger partial charge < -0.3 is 16.4 Å². The molecule has 4 N–H and O–H groups in total. The molecule has 9 heteroatoms. The van der Waals surface area contributed by atoms with Gasteiger partial charge in [-0.3, -0.25) is 14.4 Å². The molecule has 0 atom stereocenters. The third-order valence-corrected chi connectivity index (χ3v) is 7.99. The number of pyridine rings is 1. The van der Waals surface area contributed by atoms with Crippen LogP contribution < -0.4 is 16.4 Å². The van der Waals surface area contributed by atoms with Gasteiger partial charge in [0.25, 0.3) is 11.8 Å². The first kappa shape index (κ1) is 21.9. The summed E-state index contributed by atoms with van der Waals surface area (Å²) < 4.78 is 0. The van der Waals surface area contributed by atoms with E-state index in [1.165, 1.54) is 23.1 Å².